The van der Waals surface area contributed by atoms with Crippen LogP contribution in [0.1, 0.15) is 32.3 Å². The molecule has 2 rings (SSSR count). The molecule has 1 heterocycles. The Kier molecular flexibility index (Phi) is 5.48. The lowest BCUT2D eigenvalue weighted by atomic mass is 10.1. The average molecular weight is 311 g/mol. The summed E-state index contributed by atoms with van der Waals surface area (Å²) >= 11 is 6.23. The van der Waals surface area contributed by atoms with Crippen molar-refractivity contribution in [2.75, 3.05) is 13.1 Å². The minimum Gasteiger partial charge on any atom is -0.481 e. The zero-order valence-electron chi connectivity index (χ0n) is 12.6. The average Bonchev–Trinajstić information content (AvgIpc) is 2.95. The highest BCUT2D eigenvalue weighted by Crippen LogP contribution is 2.28. The molecule has 0 aliphatic carbocycles. The molecule has 1 aliphatic heterocycles. The van der Waals surface area contributed by atoms with Crippen LogP contribution in [0.5, 0.6) is 5.75 Å². The highest BCUT2D eigenvalue weighted by molar-refractivity contribution is 6.31. The van der Waals surface area contributed by atoms with Crippen LogP contribution >= 0.6 is 11.6 Å². The number of likely N-dealkylation sites (tertiary alicyclic amines) is 1. The van der Waals surface area contributed by atoms with Crippen LogP contribution in [0.3, 0.4) is 0 Å². The molecule has 1 fully saturated rings. The van der Waals surface area contributed by atoms with Crippen molar-refractivity contribution >= 4 is 17.5 Å². The molecule has 1 aromatic rings. The van der Waals surface area contributed by atoms with Crippen molar-refractivity contribution in [1.82, 2.24) is 4.90 Å². The lowest BCUT2D eigenvalue weighted by Crippen LogP contribution is -2.38. The molecule has 2 atom stereocenters. The van der Waals surface area contributed by atoms with E-state index >= 15 is 0 Å². The molecule has 0 spiro atoms. The second-order valence-electron chi connectivity index (χ2n) is 5.69. The van der Waals surface area contributed by atoms with Gasteiger partial charge < -0.3 is 15.4 Å². The van der Waals surface area contributed by atoms with Crippen LogP contribution in [0.4, 0.5) is 0 Å². The van der Waals surface area contributed by atoms with Gasteiger partial charge in [-0.2, -0.15) is 0 Å². The van der Waals surface area contributed by atoms with Crippen LogP contribution in [0.15, 0.2) is 18.2 Å². The monoisotopic (exact) mass is 310 g/mol. The summed E-state index contributed by atoms with van der Waals surface area (Å²) in [7, 11) is 0. The third-order valence-electron chi connectivity index (χ3n) is 3.67. The van der Waals surface area contributed by atoms with E-state index in [0.29, 0.717) is 17.2 Å². The van der Waals surface area contributed by atoms with E-state index in [-0.39, 0.29) is 11.9 Å². The summed E-state index contributed by atoms with van der Waals surface area (Å²) in [5, 5.41) is 0.630. The number of nitrogens with zero attached hydrogens (tertiary/aromatic N) is 1. The van der Waals surface area contributed by atoms with E-state index in [9.17, 15) is 4.79 Å². The highest BCUT2D eigenvalue weighted by atomic mass is 35.5. The molecule has 21 heavy (non-hydrogen) atoms. The van der Waals surface area contributed by atoms with Gasteiger partial charge in [0.25, 0.3) is 5.91 Å². The number of carbonyl (C=O) groups is 1. The van der Waals surface area contributed by atoms with E-state index in [1.54, 1.807) is 6.92 Å². The van der Waals surface area contributed by atoms with E-state index in [1.807, 2.05) is 30.0 Å². The van der Waals surface area contributed by atoms with Crippen molar-refractivity contribution < 1.29 is 9.53 Å². The first-order valence-electron chi connectivity index (χ1n) is 7.47. The number of amides is 1. The molecule has 1 aromatic carbocycles. The van der Waals surface area contributed by atoms with Crippen molar-refractivity contribution in [2.45, 2.75) is 45.3 Å². The SMILES string of the molecule is CC(N)Cc1c(Cl)cccc1OC(C)C(=O)N1CCCC1. The summed E-state index contributed by atoms with van der Waals surface area (Å²) in [5.74, 6) is 0.694. The summed E-state index contributed by atoms with van der Waals surface area (Å²) in [6.07, 6.45) is 2.27. The Morgan fingerprint density at radius 2 is 2.05 bits per heavy atom. The van der Waals surface area contributed by atoms with Gasteiger partial charge in [0.05, 0.1) is 0 Å². The first-order chi connectivity index (χ1) is 9.99. The predicted molar refractivity (Wildman–Crippen MR) is 84.7 cm³/mol. The van der Waals surface area contributed by atoms with Gasteiger partial charge in [-0.05, 0) is 45.2 Å². The highest BCUT2D eigenvalue weighted by Gasteiger charge is 2.25. The van der Waals surface area contributed by atoms with E-state index in [0.717, 1.165) is 31.5 Å². The third kappa shape index (κ3) is 4.11. The van der Waals surface area contributed by atoms with Gasteiger partial charge in [0.1, 0.15) is 5.75 Å². The summed E-state index contributed by atoms with van der Waals surface area (Å²) in [6.45, 7) is 5.37. The Labute approximate surface area is 131 Å². The van der Waals surface area contributed by atoms with Gasteiger partial charge in [0, 0.05) is 29.7 Å². The quantitative estimate of drug-likeness (QED) is 0.909. The molecule has 1 amide bonds. The number of ether oxygens (including phenoxy) is 1. The third-order valence-corrected chi connectivity index (χ3v) is 4.03. The topological polar surface area (TPSA) is 55.6 Å². The molecule has 5 heteroatoms. The van der Waals surface area contributed by atoms with Gasteiger partial charge in [-0.1, -0.05) is 17.7 Å². The molecule has 116 valence electrons. The molecule has 4 nitrogen and oxygen atoms in total. The molecule has 0 saturated carbocycles. The normalized spacial score (nSPS) is 17.6. The second-order valence-corrected chi connectivity index (χ2v) is 6.10. The van der Waals surface area contributed by atoms with E-state index in [4.69, 9.17) is 22.1 Å². The van der Waals surface area contributed by atoms with Crippen molar-refractivity contribution in [3.8, 4) is 5.75 Å². The Hall–Kier alpha value is -1.26. The van der Waals surface area contributed by atoms with Crippen molar-refractivity contribution in [3.63, 3.8) is 0 Å². The number of hydrogen-bond acceptors (Lipinski definition) is 3. The Bertz CT molecular complexity index is 499. The summed E-state index contributed by atoms with van der Waals surface area (Å²) in [5.41, 5.74) is 6.73. The largest absolute Gasteiger partial charge is 0.481 e. The number of rotatable bonds is 5. The van der Waals surface area contributed by atoms with E-state index in [2.05, 4.69) is 0 Å². The van der Waals surface area contributed by atoms with Crippen LogP contribution in [0.2, 0.25) is 5.02 Å². The molecule has 0 radical (unpaired) electrons. The number of benzene rings is 1. The van der Waals surface area contributed by atoms with Crippen LogP contribution in [-0.2, 0) is 11.2 Å². The minimum atomic E-state index is -0.506. The Balaban J connectivity index is 2.11. The molecule has 2 N–H and O–H groups in total. The summed E-state index contributed by atoms with van der Waals surface area (Å²) in [6, 6.07) is 5.48. The second kappa shape index (κ2) is 7.14. The lowest BCUT2D eigenvalue weighted by molar-refractivity contribution is -0.136. The van der Waals surface area contributed by atoms with Gasteiger partial charge >= 0.3 is 0 Å². The van der Waals surface area contributed by atoms with Crippen molar-refractivity contribution in [1.29, 1.82) is 0 Å². The van der Waals surface area contributed by atoms with Crippen LogP contribution < -0.4 is 10.5 Å². The molecule has 1 aliphatic rings. The number of hydrogen-bond donors (Lipinski definition) is 1. The van der Waals surface area contributed by atoms with Crippen LogP contribution in [0.25, 0.3) is 0 Å². The number of nitrogens with two attached hydrogens (primary N) is 1. The lowest BCUT2D eigenvalue weighted by Gasteiger charge is -2.23. The Morgan fingerprint density at radius 1 is 1.38 bits per heavy atom. The zero-order chi connectivity index (χ0) is 15.4. The molecule has 0 aromatic heterocycles. The van der Waals surface area contributed by atoms with Gasteiger partial charge in [-0.25, -0.2) is 0 Å². The van der Waals surface area contributed by atoms with E-state index in [1.165, 1.54) is 0 Å². The number of halogens is 1. The standard InChI is InChI=1S/C16H23ClN2O2/c1-11(18)10-13-14(17)6-5-7-15(13)21-12(2)16(20)19-8-3-4-9-19/h5-7,11-12H,3-4,8-10,18H2,1-2H3. The van der Waals surface area contributed by atoms with Crippen LogP contribution in [-0.4, -0.2) is 36.0 Å². The first-order valence-corrected chi connectivity index (χ1v) is 7.85. The van der Waals surface area contributed by atoms with Gasteiger partial charge in [0.15, 0.2) is 6.10 Å². The first kappa shape index (κ1) is 16.1. The van der Waals surface area contributed by atoms with Gasteiger partial charge in [-0.3, -0.25) is 4.79 Å². The zero-order valence-corrected chi connectivity index (χ0v) is 13.4. The molecule has 0 bridgehead atoms. The fraction of sp³-hybridized carbons (Fsp3) is 0.562. The maximum absolute atomic E-state index is 12.3. The summed E-state index contributed by atoms with van der Waals surface area (Å²) in [4.78, 5) is 14.2. The molecule has 2 unspecified atom stereocenters. The fourth-order valence-corrected chi connectivity index (χ4v) is 2.85. The smallest absolute Gasteiger partial charge is 0.263 e. The van der Waals surface area contributed by atoms with E-state index < -0.39 is 6.10 Å². The summed E-state index contributed by atoms with van der Waals surface area (Å²) < 4.78 is 5.87. The molecular formula is C16H23ClN2O2. The van der Waals surface area contributed by atoms with Crippen molar-refractivity contribution in [3.05, 3.63) is 28.8 Å². The minimum absolute atomic E-state index is 0.0168. The molecular weight excluding hydrogens is 288 g/mol. The van der Waals surface area contributed by atoms with Crippen LogP contribution in [0, 0.1) is 0 Å². The maximum Gasteiger partial charge on any atom is 0.263 e. The predicted octanol–water partition coefficient (Wildman–Crippen LogP) is 2.62. The number of carbonyl (C=O) groups excluding carboxylic acids is 1. The molecule has 1 saturated heterocycles. The maximum atomic E-state index is 12.3. The Morgan fingerprint density at radius 3 is 2.67 bits per heavy atom. The van der Waals surface area contributed by atoms with Gasteiger partial charge in [0.2, 0.25) is 0 Å². The van der Waals surface area contributed by atoms with Gasteiger partial charge in [-0.15, -0.1) is 0 Å². The van der Waals surface area contributed by atoms with Crippen molar-refractivity contribution in [2.24, 2.45) is 5.73 Å². The fourth-order valence-electron chi connectivity index (χ4n) is 2.60.